The fourth-order valence-electron chi connectivity index (χ4n) is 2.93. The Kier molecular flexibility index (Phi) is 9.31. The highest BCUT2D eigenvalue weighted by molar-refractivity contribution is 6.19. The number of rotatable bonds is 10. The zero-order valence-corrected chi connectivity index (χ0v) is 17.1. The topological polar surface area (TPSA) is 63.6 Å². The molecular weight excluding hydrogens is 352 g/mol. The van der Waals surface area contributed by atoms with E-state index in [1.807, 2.05) is 26.0 Å². The average Bonchev–Trinajstić information content (AvgIpc) is 2.86. The van der Waals surface area contributed by atoms with E-state index in [1.54, 1.807) is 13.8 Å². The zero-order valence-electron chi connectivity index (χ0n) is 16.3. The van der Waals surface area contributed by atoms with Crippen LogP contribution < -0.4 is 0 Å². The molecule has 5 heteroatoms. The summed E-state index contributed by atoms with van der Waals surface area (Å²) in [4.78, 5) is 22.8. The molecule has 1 heterocycles. The summed E-state index contributed by atoms with van der Waals surface area (Å²) in [6, 6.07) is 0. The Morgan fingerprint density at radius 3 is 2.54 bits per heavy atom. The molecule has 1 aliphatic rings. The van der Waals surface area contributed by atoms with E-state index in [9.17, 15) is 14.7 Å². The molecule has 0 bridgehead atoms. The van der Waals surface area contributed by atoms with Gasteiger partial charge in [-0.25, -0.2) is 0 Å². The van der Waals surface area contributed by atoms with Crippen LogP contribution in [0.3, 0.4) is 0 Å². The number of ether oxygens (including phenoxy) is 1. The van der Waals surface area contributed by atoms with Gasteiger partial charge in [-0.2, -0.15) is 0 Å². The van der Waals surface area contributed by atoms with Crippen LogP contribution in [-0.2, 0) is 14.3 Å². The number of hydrogen-bond donors (Lipinski definition) is 1. The summed E-state index contributed by atoms with van der Waals surface area (Å²) in [5.41, 5.74) is 0.950. The second-order valence-corrected chi connectivity index (χ2v) is 7.66. The van der Waals surface area contributed by atoms with Crippen molar-refractivity contribution in [3.8, 4) is 0 Å². The third-order valence-corrected chi connectivity index (χ3v) is 5.12. The standard InChI is InChI=1S/C21H31ClO4/c1-15(20(25)18(14-23)16(2)13-22)10-8-6-5-7-9-11-17-12-19(24)21(3,4)26-17/h8,10,14,17,25H,5-7,9,11-13H2,1-4H3/b10-8+,18-16-,20-15-. The molecule has 1 saturated heterocycles. The van der Waals surface area contributed by atoms with E-state index in [2.05, 4.69) is 0 Å². The van der Waals surface area contributed by atoms with Crippen molar-refractivity contribution in [2.45, 2.75) is 77.9 Å². The van der Waals surface area contributed by atoms with Gasteiger partial charge in [0, 0.05) is 12.3 Å². The number of aliphatic hydroxyl groups is 1. The Morgan fingerprint density at radius 2 is 2.00 bits per heavy atom. The molecule has 1 fully saturated rings. The molecule has 0 aliphatic carbocycles. The van der Waals surface area contributed by atoms with E-state index < -0.39 is 5.60 Å². The van der Waals surface area contributed by atoms with Crippen LogP contribution in [0.4, 0.5) is 0 Å². The van der Waals surface area contributed by atoms with Crippen LogP contribution in [0, 0.1) is 0 Å². The highest BCUT2D eigenvalue weighted by atomic mass is 35.5. The Labute approximate surface area is 161 Å². The van der Waals surface area contributed by atoms with Crippen molar-refractivity contribution in [1.82, 2.24) is 0 Å². The first-order valence-corrected chi connectivity index (χ1v) is 9.75. The Bertz CT molecular complexity index is 599. The maximum atomic E-state index is 11.7. The minimum Gasteiger partial charge on any atom is -0.507 e. The van der Waals surface area contributed by atoms with Gasteiger partial charge in [-0.1, -0.05) is 25.0 Å². The number of Topliss-reactive ketones (excluding diaryl/α,β-unsaturated/α-hetero) is 1. The highest BCUT2D eigenvalue weighted by Gasteiger charge is 2.39. The second-order valence-electron chi connectivity index (χ2n) is 7.39. The number of allylic oxidation sites excluding steroid dienone is 5. The molecule has 0 amide bonds. The van der Waals surface area contributed by atoms with Gasteiger partial charge >= 0.3 is 0 Å². The van der Waals surface area contributed by atoms with E-state index in [0.717, 1.165) is 32.1 Å². The molecule has 1 unspecified atom stereocenters. The molecular formula is C21H31ClO4. The number of halogens is 1. The van der Waals surface area contributed by atoms with E-state index in [4.69, 9.17) is 16.3 Å². The number of unbranched alkanes of at least 4 members (excludes halogenated alkanes) is 3. The van der Waals surface area contributed by atoms with Crippen LogP contribution in [0.5, 0.6) is 0 Å². The van der Waals surface area contributed by atoms with Crippen LogP contribution in [0.1, 0.15) is 66.2 Å². The van der Waals surface area contributed by atoms with E-state index in [1.165, 1.54) is 0 Å². The predicted molar refractivity (Wildman–Crippen MR) is 106 cm³/mol. The highest BCUT2D eigenvalue weighted by Crippen LogP contribution is 2.29. The lowest BCUT2D eigenvalue weighted by molar-refractivity contribution is -0.129. The van der Waals surface area contributed by atoms with E-state index >= 15 is 0 Å². The molecule has 0 aromatic carbocycles. The summed E-state index contributed by atoms with van der Waals surface area (Å²) in [6.45, 7) is 7.18. The minimum absolute atomic E-state index is 0.0138. The van der Waals surface area contributed by atoms with Gasteiger partial charge in [0.05, 0.1) is 11.7 Å². The molecule has 0 spiro atoms. The van der Waals surface area contributed by atoms with Crippen molar-refractivity contribution in [3.63, 3.8) is 0 Å². The van der Waals surface area contributed by atoms with Gasteiger partial charge in [0.15, 0.2) is 12.1 Å². The molecule has 0 aromatic rings. The van der Waals surface area contributed by atoms with Gasteiger partial charge in [0.25, 0.3) is 0 Å². The lowest BCUT2D eigenvalue weighted by Gasteiger charge is -2.17. The lowest BCUT2D eigenvalue weighted by atomic mass is 10.0. The van der Waals surface area contributed by atoms with Gasteiger partial charge in [0.2, 0.25) is 0 Å². The van der Waals surface area contributed by atoms with Crippen LogP contribution >= 0.6 is 11.6 Å². The van der Waals surface area contributed by atoms with Crippen molar-refractivity contribution >= 4 is 23.7 Å². The SMILES string of the molecule is CC(/C=C/CCCCCC1CC(=O)C(C)(C)O1)=C(O)\C(C=O)=C(\C)CCl. The van der Waals surface area contributed by atoms with Crippen LogP contribution in [-0.4, -0.2) is 34.8 Å². The Morgan fingerprint density at radius 1 is 1.31 bits per heavy atom. The molecule has 1 atom stereocenters. The molecule has 1 aliphatic heterocycles. The lowest BCUT2D eigenvalue weighted by Crippen LogP contribution is -2.27. The summed E-state index contributed by atoms with van der Waals surface area (Å²) in [7, 11) is 0. The number of hydrogen-bond acceptors (Lipinski definition) is 4. The third kappa shape index (κ3) is 6.73. The van der Waals surface area contributed by atoms with Crippen LogP contribution in [0.2, 0.25) is 0 Å². The van der Waals surface area contributed by atoms with Crippen LogP contribution in [0.15, 0.2) is 34.6 Å². The molecule has 1 N–H and O–H groups in total. The quantitative estimate of drug-likeness (QED) is 0.140. The number of ketones is 1. The van der Waals surface area contributed by atoms with Crippen molar-refractivity contribution in [2.24, 2.45) is 0 Å². The minimum atomic E-state index is -0.615. The fourth-order valence-corrected chi connectivity index (χ4v) is 3.07. The zero-order chi connectivity index (χ0) is 19.7. The fraction of sp³-hybridized carbons (Fsp3) is 0.619. The molecule has 26 heavy (non-hydrogen) atoms. The van der Waals surface area contributed by atoms with Crippen molar-refractivity contribution < 1.29 is 19.4 Å². The first-order valence-electron chi connectivity index (χ1n) is 9.21. The summed E-state index contributed by atoms with van der Waals surface area (Å²) < 4.78 is 5.77. The smallest absolute Gasteiger partial charge is 0.166 e. The summed E-state index contributed by atoms with van der Waals surface area (Å²) in [5.74, 6) is 0.392. The van der Waals surface area contributed by atoms with Crippen molar-refractivity contribution in [1.29, 1.82) is 0 Å². The largest absolute Gasteiger partial charge is 0.507 e. The molecule has 1 rings (SSSR count). The number of aldehydes is 1. The first-order chi connectivity index (χ1) is 12.2. The monoisotopic (exact) mass is 382 g/mol. The van der Waals surface area contributed by atoms with Gasteiger partial charge in [0.1, 0.15) is 11.4 Å². The summed E-state index contributed by atoms with van der Waals surface area (Å²) >= 11 is 5.72. The molecule has 4 nitrogen and oxygen atoms in total. The van der Waals surface area contributed by atoms with Crippen LogP contribution in [0.25, 0.3) is 0 Å². The van der Waals surface area contributed by atoms with Gasteiger partial charge < -0.3 is 9.84 Å². The molecule has 0 saturated carbocycles. The van der Waals surface area contributed by atoms with Gasteiger partial charge in [-0.15, -0.1) is 11.6 Å². The number of alkyl halides is 1. The predicted octanol–water partition coefficient (Wildman–Crippen LogP) is 5.22. The van der Waals surface area contributed by atoms with Gasteiger partial charge in [-0.3, -0.25) is 9.59 Å². The molecule has 0 radical (unpaired) electrons. The third-order valence-electron chi connectivity index (χ3n) is 4.72. The Balaban J connectivity index is 2.34. The first kappa shape index (κ1) is 22.7. The van der Waals surface area contributed by atoms with E-state index in [-0.39, 0.29) is 29.1 Å². The maximum absolute atomic E-state index is 11.7. The van der Waals surface area contributed by atoms with E-state index in [0.29, 0.717) is 23.9 Å². The molecule has 0 aromatic heterocycles. The maximum Gasteiger partial charge on any atom is 0.166 e. The normalized spacial score (nSPS) is 21.7. The summed E-state index contributed by atoms with van der Waals surface area (Å²) in [5, 5.41) is 10.1. The summed E-state index contributed by atoms with van der Waals surface area (Å²) in [6.07, 6.45) is 10.0. The van der Waals surface area contributed by atoms with Crippen molar-refractivity contribution in [2.75, 3.05) is 5.88 Å². The average molecular weight is 383 g/mol. The van der Waals surface area contributed by atoms with Crippen molar-refractivity contribution in [3.05, 3.63) is 34.6 Å². The number of carbonyl (C=O) groups excluding carboxylic acids is 2. The Hall–Kier alpha value is -1.39. The second kappa shape index (κ2) is 10.7. The van der Waals surface area contributed by atoms with Gasteiger partial charge in [-0.05, 0) is 58.1 Å². The molecule has 146 valence electrons. The number of aliphatic hydroxyl groups excluding tert-OH is 1. The number of carbonyl (C=O) groups is 2.